The molecule has 2 aromatic carbocycles. The molecule has 1 N–H and O–H groups in total. The first-order chi connectivity index (χ1) is 9.80. The number of hydrogen-bond acceptors (Lipinski definition) is 2. The van der Waals surface area contributed by atoms with Gasteiger partial charge in [0.15, 0.2) is 0 Å². The molecule has 0 aromatic heterocycles. The van der Waals surface area contributed by atoms with E-state index in [0.29, 0.717) is 12.0 Å². The molecule has 4 rings (SSSR count). The minimum atomic E-state index is -0.0788. The Labute approximate surface area is 120 Å². The summed E-state index contributed by atoms with van der Waals surface area (Å²) < 4.78 is 5.82. The van der Waals surface area contributed by atoms with Crippen molar-refractivity contribution >= 4 is 10.8 Å². The highest BCUT2D eigenvalue weighted by molar-refractivity contribution is 5.86. The zero-order chi connectivity index (χ0) is 13.6. The van der Waals surface area contributed by atoms with E-state index in [9.17, 15) is 0 Å². The Bertz CT molecular complexity index is 633. The van der Waals surface area contributed by atoms with Crippen molar-refractivity contribution < 1.29 is 4.74 Å². The summed E-state index contributed by atoms with van der Waals surface area (Å²) in [6.45, 7) is 0. The molecule has 2 nitrogen and oxygen atoms in total. The molecule has 0 aliphatic carbocycles. The van der Waals surface area contributed by atoms with Crippen molar-refractivity contribution in [2.24, 2.45) is 0 Å². The predicted octanol–water partition coefficient (Wildman–Crippen LogP) is 3.81. The van der Waals surface area contributed by atoms with Crippen LogP contribution in [0.3, 0.4) is 0 Å². The van der Waals surface area contributed by atoms with Crippen LogP contribution >= 0.6 is 0 Å². The average molecular weight is 267 g/mol. The van der Waals surface area contributed by atoms with Gasteiger partial charge in [0.2, 0.25) is 0 Å². The molecule has 2 bridgehead atoms. The second-order valence-electron chi connectivity index (χ2n) is 6.28. The highest BCUT2D eigenvalue weighted by Crippen LogP contribution is 2.45. The van der Waals surface area contributed by atoms with Gasteiger partial charge in [-0.25, -0.2) is 0 Å². The molecule has 0 spiro atoms. The lowest BCUT2D eigenvalue weighted by atomic mass is 9.82. The molecule has 3 atom stereocenters. The van der Waals surface area contributed by atoms with Crippen molar-refractivity contribution in [3.63, 3.8) is 0 Å². The molecule has 2 fully saturated rings. The molecular formula is C18H21NO. The number of nitrogens with one attached hydrogen (secondary N) is 1. The van der Waals surface area contributed by atoms with Crippen LogP contribution < -0.4 is 5.32 Å². The first kappa shape index (κ1) is 12.4. The van der Waals surface area contributed by atoms with E-state index < -0.39 is 0 Å². The van der Waals surface area contributed by atoms with Gasteiger partial charge in [-0.1, -0.05) is 42.5 Å². The van der Waals surface area contributed by atoms with Crippen LogP contribution in [-0.4, -0.2) is 18.9 Å². The van der Waals surface area contributed by atoms with Gasteiger partial charge in [-0.15, -0.1) is 0 Å². The third-order valence-electron chi connectivity index (χ3n) is 5.16. The van der Waals surface area contributed by atoms with Crippen molar-refractivity contribution in [3.05, 3.63) is 48.0 Å². The molecule has 2 aromatic rings. The number of fused-ring (bicyclic) bond motifs is 3. The quantitative estimate of drug-likeness (QED) is 0.893. The highest BCUT2D eigenvalue weighted by Gasteiger charge is 2.45. The van der Waals surface area contributed by atoms with Crippen molar-refractivity contribution in [1.29, 1.82) is 0 Å². The number of benzene rings is 2. The number of piperidine rings is 1. The zero-order valence-corrected chi connectivity index (χ0v) is 11.9. The summed E-state index contributed by atoms with van der Waals surface area (Å²) in [7, 11) is 1.85. The molecule has 2 heteroatoms. The fourth-order valence-electron chi connectivity index (χ4n) is 4.17. The summed E-state index contributed by atoms with van der Waals surface area (Å²) in [6.07, 6.45) is 4.72. The van der Waals surface area contributed by atoms with E-state index in [2.05, 4.69) is 47.8 Å². The Morgan fingerprint density at radius 2 is 2.00 bits per heavy atom. The monoisotopic (exact) mass is 267 g/mol. The topological polar surface area (TPSA) is 21.3 Å². The summed E-state index contributed by atoms with van der Waals surface area (Å²) in [4.78, 5) is 0. The fraction of sp³-hybridized carbons (Fsp3) is 0.444. The smallest absolute Gasteiger partial charge is 0.119 e. The van der Waals surface area contributed by atoms with Gasteiger partial charge in [-0.05, 0) is 47.9 Å². The van der Waals surface area contributed by atoms with Gasteiger partial charge in [0.05, 0.1) is 0 Å². The maximum Gasteiger partial charge on any atom is 0.119 e. The lowest BCUT2D eigenvalue weighted by Gasteiger charge is -2.38. The third-order valence-corrected chi connectivity index (χ3v) is 5.16. The molecule has 0 saturated carbocycles. The molecule has 0 radical (unpaired) electrons. The number of ether oxygens (including phenoxy) is 1. The van der Waals surface area contributed by atoms with E-state index in [4.69, 9.17) is 4.74 Å². The van der Waals surface area contributed by atoms with Crippen LogP contribution in [0.15, 0.2) is 42.5 Å². The van der Waals surface area contributed by atoms with E-state index in [1.165, 1.54) is 29.2 Å². The van der Waals surface area contributed by atoms with Gasteiger partial charge >= 0.3 is 0 Å². The highest BCUT2D eigenvalue weighted by atomic mass is 16.5. The summed E-state index contributed by atoms with van der Waals surface area (Å²) in [5, 5.41) is 6.44. The standard InChI is InChI=1S/C18H21NO/c1-20-18-10-9-15(19-18)11-14(12-18)17-8-4-6-13-5-2-3-7-16(13)17/h2-8,14-15,19H,9-12H2,1H3. The van der Waals surface area contributed by atoms with Gasteiger partial charge in [0.1, 0.15) is 5.72 Å². The van der Waals surface area contributed by atoms with Crippen LogP contribution in [0, 0.1) is 0 Å². The number of rotatable bonds is 2. The van der Waals surface area contributed by atoms with Crippen molar-refractivity contribution in [1.82, 2.24) is 5.32 Å². The molecule has 0 amide bonds. The fourth-order valence-corrected chi connectivity index (χ4v) is 4.17. The van der Waals surface area contributed by atoms with Crippen LogP contribution in [0.5, 0.6) is 0 Å². The molecule has 2 saturated heterocycles. The van der Waals surface area contributed by atoms with Crippen molar-refractivity contribution in [3.8, 4) is 0 Å². The van der Waals surface area contributed by atoms with Crippen LogP contribution in [-0.2, 0) is 4.74 Å². The summed E-state index contributed by atoms with van der Waals surface area (Å²) in [5.74, 6) is 0.606. The maximum absolute atomic E-state index is 5.82. The lowest BCUT2D eigenvalue weighted by molar-refractivity contribution is -0.0505. The Hall–Kier alpha value is -1.38. The second kappa shape index (κ2) is 4.57. The molecule has 2 aliphatic heterocycles. The summed E-state index contributed by atoms with van der Waals surface area (Å²) in [6, 6.07) is 16.1. The number of methoxy groups -OCH3 is 1. The van der Waals surface area contributed by atoms with Gasteiger partial charge in [0.25, 0.3) is 0 Å². The van der Waals surface area contributed by atoms with Crippen molar-refractivity contribution in [2.45, 2.75) is 43.4 Å². The normalized spacial score (nSPS) is 32.6. The van der Waals surface area contributed by atoms with E-state index in [-0.39, 0.29) is 5.72 Å². The van der Waals surface area contributed by atoms with Gasteiger partial charge in [0, 0.05) is 13.2 Å². The first-order valence-electron chi connectivity index (χ1n) is 7.60. The Kier molecular flexibility index (Phi) is 2.83. The zero-order valence-electron chi connectivity index (χ0n) is 11.9. The van der Waals surface area contributed by atoms with E-state index in [1.54, 1.807) is 0 Å². The summed E-state index contributed by atoms with van der Waals surface area (Å²) >= 11 is 0. The van der Waals surface area contributed by atoms with Crippen LogP contribution in [0.25, 0.3) is 10.8 Å². The Morgan fingerprint density at radius 3 is 2.90 bits per heavy atom. The largest absolute Gasteiger partial charge is 0.364 e. The maximum atomic E-state index is 5.82. The minimum Gasteiger partial charge on any atom is -0.364 e. The Morgan fingerprint density at radius 1 is 1.15 bits per heavy atom. The molecule has 20 heavy (non-hydrogen) atoms. The molecule has 3 unspecified atom stereocenters. The van der Waals surface area contributed by atoms with E-state index in [0.717, 1.165) is 12.8 Å². The molecular weight excluding hydrogens is 246 g/mol. The van der Waals surface area contributed by atoms with Gasteiger partial charge < -0.3 is 4.74 Å². The lowest BCUT2D eigenvalue weighted by Crippen LogP contribution is -2.50. The SMILES string of the molecule is COC12CCC(CC(c3cccc4ccccc34)C1)N2. The van der Waals surface area contributed by atoms with E-state index in [1.807, 2.05) is 7.11 Å². The van der Waals surface area contributed by atoms with Crippen molar-refractivity contribution in [2.75, 3.05) is 7.11 Å². The van der Waals surface area contributed by atoms with E-state index >= 15 is 0 Å². The molecule has 104 valence electrons. The summed E-state index contributed by atoms with van der Waals surface area (Å²) in [5.41, 5.74) is 1.42. The second-order valence-corrected chi connectivity index (χ2v) is 6.28. The average Bonchev–Trinajstić information content (AvgIpc) is 2.82. The molecule has 2 aliphatic rings. The minimum absolute atomic E-state index is 0.0788. The van der Waals surface area contributed by atoms with Crippen LogP contribution in [0.2, 0.25) is 0 Å². The van der Waals surface area contributed by atoms with Crippen LogP contribution in [0.4, 0.5) is 0 Å². The molecule has 2 heterocycles. The van der Waals surface area contributed by atoms with Crippen LogP contribution in [0.1, 0.15) is 37.2 Å². The number of hydrogen-bond donors (Lipinski definition) is 1. The van der Waals surface area contributed by atoms with Gasteiger partial charge in [-0.3, -0.25) is 5.32 Å². The Balaban J connectivity index is 1.76. The first-order valence-corrected chi connectivity index (χ1v) is 7.60. The van der Waals surface area contributed by atoms with Gasteiger partial charge in [-0.2, -0.15) is 0 Å². The third kappa shape index (κ3) is 1.87. The predicted molar refractivity (Wildman–Crippen MR) is 81.8 cm³/mol.